The Labute approximate surface area is 305 Å². The summed E-state index contributed by atoms with van der Waals surface area (Å²) < 4.78 is 39.4. The third kappa shape index (κ3) is 11.3. The van der Waals surface area contributed by atoms with Crippen molar-refractivity contribution in [1.82, 2.24) is 18.8 Å². The highest BCUT2D eigenvalue weighted by atomic mass is 19.1. The van der Waals surface area contributed by atoms with Gasteiger partial charge >= 0.3 is 0 Å². The number of hydrogen-bond acceptors (Lipinski definition) is 7. The van der Waals surface area contributed by atoms with E-state index < -0.39 is 0 Å². The van der Waals surface area contributed by atoms with Crippen molar-refractivity contribution in [3.63, 3.8) is 0 Å². The van der Waals surface area contributed by atoms with Crippen LogP contribution in [0.1, 0.15) is 53.1 Å². The molecule has 0 radical (unpaired) electrons. The Bertz CT molecular complexity index is 2410. The number of benzene rings is 2. The van der Waals surface area contributed by atoms with Crippen molar-refractivity contribution < 1.29 is 23.4 Å². The summed E-state index contributed by atoms with van der Waals surface area (Å²) in [5.74, 6) is 11.0. The largest absolute Gasteiger partial charge is 0.396 e. The van der Waals surface area contributed by atoms with Crippen molar-refractivity contribution in [2.24, 2.45) is 0 Å². The minimum atomic E-state index is -0.333. The number of ether oxygens (including phenoxy) is 2. The third-order valence-electron chi connectivity index (χ3n) is 7.84. The number of pyridine rings is 2. The van der Waals surface area contributed by atoms with Crippen LogP contribution in [0.5, 0.6) is 0 Å². The lowest BCUT2D eigenvalue weighted by Crippen LogP contribution is -2.20. The van der Waals surface area contributed by atoms with Gasteiger partial charge in [-0.05, 0) is 80.4 Å². The second-order valence-corrected chi connectivity index (χ2v) is 11.7. The summed E-state index contributed by atoms with van der Waals surface area (Å²) in [6.45, 7) is 4.93. The fourth-order valence-electron chi connectivity index (χ4n) is 5.10. The normalized spacial score (nSPS) is 11.7. The molecule has 4 aromatic heterocycles. The van der Waals surface area contributed by atoms with Crippen LogP contribution >= 0.6 is 0 Å². The molecule has 0 amide bonds. The van der Waals surface area contributed by atoms with Crippen LogP contribution in [0, 0.1) is 35.3 Å². The molecule has 270 valence electrons. The van der Waals surface area contributed by atoms with Crippen LogP contribution in [0.25, 0.3) is 11.3 Å². The van der Waals surface area contributed by atoms with Gasteiger partial charge in [-0.25, -0.2) is 18.7 Å². The van der Waals surface area contributed by atoms with Gasteiger partial charge < -0.3 is 14.6 Å². The maximum atomic E-state index is 13.2. The van der Waals surface area contributed by atoms with Gasteiger partial charge in [-0.15, -0.1) is 0 Å². The molecule has 1 aliphatic rings. The van der Waals surface area contributed by atoms with E-state index in [4.69, 9.17) is 14.6 Å². The molecule has 6 aromatic rings. The SMILES string of the molecule is C1CCOC1.CCOCCc1cnc2cc(C#Cc3cccc(F)c3)ccn2c1=O.O=c1c(CCO)cnc2cc(C#Cc3cccc(F)c3)ccn12. The standard InChI is InChI=1S/C20H17FN2O2.C18H13FN2O2.C4H8O/c1-2-25-11-9-17-14-22-19-13-16(8-10-23(19)20(17)24)7-6-15-4-3-5-18(21)12-15;19-16-3-1-2-13(10-16)4-5-14-6-8-21-17(11-14)20-12-15(7-9-22)18(21)23;1-2-4-5-3-1/h3-5,8,10,12-14H,2,9,11H2,1H3;1-3,6,8,10-12,22H,7,9H2;1-4H2. The fraction of sp³-hybridized carbons (Fsp3) is 0.238. The van der Waals surface area contributed by atoms with Crippen molar-refractivity contribution in [2.75, 3.05) is 33.0 Å². The van der Waals surface area contributed by atoms with Gasteiger partial charge in [-0.3, -0.25) is 18.4 Å². The van der Waals surface area contributed by atoms with Gasteiger partial charge in [0.1, 0.15) is 22.9 Å². The molecule has 5 heterocycles. The molecular weight excluding hydrogens is 678 g/mol. The third-order valence-corrected chi connectivity index (χ3v) is 7.84. The number of rotatable bonds is 6. The molecule has 53 heavy (non-hydrogen) atoms. The molecule has 11 heteroatoms. The molecule has 7 rings (SSSR count). The van der Waals surface area contributed by atoms with E-state index in [9.17, 15) is 18.4 Å². The van der Waals surface area contributed by atoms with E-state index in [-0.39, 0.29) is 35.8 Å². The first-order valence-electron chi connectivity index (χ1n) is 17.2. The molecule has 1 saturated heterocycles. The summed E-state index contributed by atoms with van der Waals surface area (Å²) in [6, 6.07) is 19.0. The van der Waals surface area contributed by atoms with Gasteiger partial charge in [-0.2, -0.15) is 0 Å². The zero-order chi connectivity index (χ0) is 37.4. The second kappa shape index (κ2) is 19.6. The maximum absolute atomic E-state index is 13.2. The Hall–Kier alpha value is -5.98. The lowest BCUT2D eigenvalue weighted by Gasteiger charge is -2.04. The lowest BCUT2D eigenvalue weighted by atomic mass is 10.2. The average molecular weight is 717 g/mol. The predicted octanol–water partition coefficient (Wildman–Crippen LogP) is 5.38. The number of halogens is 2. The molecule has 0 aliphatic carbocycles. The number of aliphatic hydroxyl groups excluding tert-OH is 1. The number of nitrogens with zero attached hydrogens (tertiary/aromatic N) is 4. The predicted molar refractivity (Wildman–Crippen MR) is 199 cm³/mol. The van der Waals surface area contributed by atoms with Crippen molar-refractivity contribution in [3.8, 4) is 23.7 Å². The van der Waals surface area contributed by atoms with Crippen LogP contribution in [0.3, 0.4) is 0 Å². The van der Waals surface area contributed by atoms with Gasteiger partial charge in [-0.1, -0.05) is 35.8 Å². The Morgan fingerprint density at radius 2 is 1.19 bits per heavy atom. The average Bonchev–Trinajstić information content (AvgIpc) is 3.77. The molecule has 0 unspecified atom stereocenters. The number of fused-ring (bicyclic) bond motifs is 2. The van der Waals surface area contributed by atoms with Crippen LogP contribution < -0.4 is 11.1 Å². The minimum Gasteiger partial charge on any atom is -0.396 e. The van der Waals surface area contributed by atoms with E-state index in [1.54, 1.807) is 67.1 Å². The van der Waals surface area contributed by atoms with E-state index in [0.29, 0.717) is 64.3 Å². The molecule has 2 aromatic carbocycles. The molecule has 9 nitrogen and oxygen atoms in total. The summed E-state index contributed by atoms with van der Waals surface area (Å²) in [7, 11) is 0. The Morgan fingerprint density at radius 3 is 1.60 bits per heavy atom. The fourth-order valence-corrected chi connectivity index (χ4v) is 5.10. The first kappa shape index (κ1) is 38.3. The van der Waals surface area contributed by atoms with Crippen molar-refractivity contribution >= 4 is 11.3 Å². The summed E-state index contributed by atoms with van der Waals surface area (Å²) in [4.78, 5) is 33.2. The highest BCUT2D eigenvalue weighted by Crippen LogP contribution is 2.07. The molecule has 0 atom stereocenters. The van der Waals surface area contributed by atoms with E-state index in [0.717, 1.165) is 13.2 Å². The van der Waals surface area contributed by atoms with E-state index in [1.165, 1.54) is 52.1 Å². The van der Waals surface area contributed by atoms with E-state index in [2.05, 4.69) is 33.6 Å². The Kier molecular flexibility index (Phi) is 14.1. The van der Waals surface area contributed by atoms with Crippen LogP contribution in [0.2, 0.25) is 0 Å². The van der Waals surface area contributed by atoms with Crippen LogP contribution in [0.4, 0.5) is 8.78 Å². The van der Waals surface area contributed by atoms with Gasteiger partial charge in [0, 0.05) is 97.4 Å². The van der Waals surface area contributed by atoms with Crippen molar-refractivity contribution in [2.45, 2.75) is 32.6 Å². The quantitative estimate of drug-likeness (QED) is 0.182. The smallest absolute Gasteiger partial charge is 0.261 e. The first-order chi connectivity index (χ1) is 25.8. The Balaban J connectivity index is 0.000000181. The number of aliphatic hydroxyl groups is 1. The molecule has 0 bridgehead atoms. The lowest BCUT2D eigenvalue weighted by molar-refractivity contribution is 0.150. The van der Waals surface area contributed by atoms with Gasteiger partial charge in [0.25, 0.3) is 11.1 Å². The number of hydrogen-bond donors (Lipinski definition) is 1. The first-order valence-corrected chi connectivity index (χ1v) is 17.2. The highest BCUT2D eigenvalue weighted by Gasteiger charge is 2.06. The molecular formula is C42H38F2N4O5. The number of aromatic nitrogens is 4. The van der Waals surface area contributed by atoms with Gasteiger partial charge in [0.05, 0.1) is 6.61 Å². The van der Waals surface area contributed by atoms with Crippen molar-refractivity contribution in [3.05, 3.63) is 163 Å². The summed E-state index contributed by atoms with van der Waals surface area (Å²) >= 11 is 0. The zero-order valence-electron chi connectivity index (χ0n) is 29.2. The molecule has 1 N–H and O–H groups in total. The molecule has 1 aliphatic heterocycles. The second-order valence-electron chi connectivity index (χ2n) is 11.7. The molecule has 0 saturated carbocycles. The zero-order valence-corrected chi connectivity index (χ0v) is 29.2. The monoisotopic (exact) mass is 716 g/mol. The summed E-state index contributed by atoms with van der Waals surface area (Å²) in [5, 5.41) is 8.94. The van der Waals surface area contributed by atoms with Crippen LogP contribution in [-0.2, 0) is 22.3 Å². The minimum absolute atomic E-state index is 0.0970. The van der Waals surface area contributed by atoms with Crippen LogP contribution in [0.15, 0.2) is 107 Å². The van der Waals surface area contributed by atoms with Crippen LogP contribution in [-0.4, -0.2) is 56.9 Å². The topological polar surface area (TPSA) is 107 Å². The molecule has 1 fully saturated rings. The maximum Gasteiger partial charge on any atom is 0.261 e. The summed E-state index contributed by atoms with van der Waals surface area (Å²) in [6.07, 6.45) is 9.67. The Morgan fingerprint density at radius 1 is 0.717 bits per heavy atom. The van der Waals surface area contributed by atoms with Gasteiger partial charge in [0.2, 0.25) is 0 Å². The van der Waals surface area contributed by atoms with E-state index in [1.807, 2.05) is 6.92 Å². The molecule has 0 spiro atoms. The van der Waals surface area contributed by atoms with Crippen molar-refractivity contribution in [1.29, 1.82) is 0 Å². The highest BCUT2D eigenvalue weighted by molar-refractivity contribution is 5.51. The summed E-state index contributed by atoms with van der Waals surface area (Å²) in [5.41, 5.74) is 4.33. The van der Waals surface area contributed by atoms with E-state index >= 15 is 0 Å². The van der Waals surface area contributed by atoms with Gasteiger partial charge in [0.15, 0.2) is 0 Å².